The Morgan fingerprint density at radius 2 is 1.79 bits per heavy atom. The second-order valence-corrected chi connectivity index (χ2v) is 8.77. The van der Waals surface area contributed by atoms with Crippen LogP contribution >= 0.6 is 0 Å². The van der Waals surface area contributed by atoms with Gasteiger partial charge in [-0.05, 0) is 56.1 Å². The van der Waals surface area contributed by atoms with Crippen molar-refractivity contribution in [1.82, 2.24) is 0 Å². The lowest BCUT2D eigenvalue weighted by molar-refractivity contribution is -0.384. The van der Waals surface area contributed by atoms with E-state index in [1.54, 1.807) is 12.1 Å². The lowest BCUT2D eigenvalue weighted by Gasteiger charge is -2.32. The molecule has 0 aromatic heterocycles. The summed E-state index contributed by atoms with van der Waals surface area (Å²) in [5, 5.41) is 11.8. The first kappa shape index (κ1) is 18.9. The molecule has 3 aliphatic rings. The van der Waals surface area contributed by atoms with Crippen LogP contribution in [0.25, 0.3) is 0 Å². The van der Waals surface area contributed by atoms with Gasteiger partial charge in [0.05, 0.1) is 22.4 Å². The number of piperidine rings is 1. The van der Waals surface area contributed by atoms with E-state index in [0.717, 1.165) is 45.2 Å². The molecule has 7 heteroatoms. The van der Waals surface area contributed by atoms with Crippen molar-refractivity contribution < 1.29 is 14.5 Å². The number of hydrogen-bond acceptors (Lipinski definition) is 5. The van der Waals surface area contributed by atoms with Crippen molar-refractivity contribution in [3.05, 3.63) is 28.3 Å². The Kier molecular flexibility index (Phi) is 4.85. The van der Waals surface area contributed by atoms with Crippen molar-refractivity contribution in [2.24, 2.45) is 23.7 Å². The first-order valence-corrected chi connectivity index (χ1v) is 10.3. The summed E-state index contributed by atoms with van der Waals surface area (Å²) < 4.78 is 0. The van der Waals surface area contributed by atoms with Gasteiger partial charge in [0.15, 0.2) is 0 Å². The molecule has 2 amide bonds. The maximum atomic E-state index is 12.9. The highest BCUT2D eigenvalue weighted by Gasteiger charge is 2.50. The summed E-state index contributed by atoms with van der Waals surface area (Å²) in [6, 6.07) is 4.81. The predicted molar refractivity (Wildman–Crippen MR) is 106 cm³/mol. The number of nitro benzene ring substituents is 1. The minimum atomic E-state index is -0.405. The van der Waals surface area contributed by atoms with Crippen LogP contribution in [0, 0.1) is 33.8 Å². The summed E-state index contributed by atoms with van der Waals surface area (Å²) in [4.78, 5) is 40.4. The monoisotopic (exact) mass is 385 g/mol. The number of hydrogen-bond donors (Lipinski definition) is 0. The molecule has 0 spiro atoms. The molecule has 7 nitrogen and oxygen atoms in total. The fourth-order valence-electron chi connectivity index (χ4n) is 5.12. The predicted octanol–water partition coefficient (Wildman–Crippen LogP) is 3.76. The summed E-state index contributed by atoms with van der Waals surface area (Å²) in [5.41, 5.74) is 0.874. The van der Waals surface area contributed by atoms with Gasteiger partial charge in [-0.1, -0.05) is 13.8 Å². The van der Waals surface area contributed by atoms with E-state index in [-0.39, 0.29) is 29.3 Å². The van der Waals surface area contributed by atoms with Gasteiger partial charge in [-0.25, -0.2) is 4.90 Å². The molecule has 0 bridgehead atoms. The molecule has 2 aliphatic heterocycles. The standard InChI is InChI=1S/C21H27N3O4/c1-13-5-7-16-17(10-13)21(26)23(20(16)25)15-6-8-18(19(11-15)24(27)28)22-9-3-4-14(2)12-22/h6,8,11,13-14,16-17H,3-5,7,9-10,12H2,1-2H3. The maximum Gasteiger partial charge on any atom is 0.294 e. The van der Waals surface area contributed by atoms with Crippen molar-refractivity contribution >= 4 is 28.9 Å². The van der Waals surface area contributed by atoms with Crippen LogP contribution in [0.2, 0.25) is 0 Å². The van der Waals surface area contributed by atoms with Gasteiger partial charge in [-0.3, -0.25) is 19.7 Å². The van der Waals surface area contributed by atoms with E-state index in [4.69, 9.17) is 0 Å². The quantitative estimate of drug-likeness (QED) is 0.449. The fraction of sp³-hybridized carbons (Fsp3) is 0.619. The van der Waals surface area contributed by atoms with Crippen molar-refractivity contribution in [1.29, 1.82) is 0 Å². The Balaban J connectivity index is 1.67. The van der Waals surface area contributed by atoms with Gasteiger partial charge in [0, 0.05) is 19.2 Å². The second-order valence-electron chi connectivity index (χ2n) is 8.77. The van der Waals surface area contributed by atoms with Gasteiger partial charge in [-0.15, -0.1) is 0 Å². The van der Waals surface area contributed by atoms with Crippen molar-refractivity contribution in [3.63, 3.8) is 0 Å². The lowest BCUT2D eigenvalue weighted by Crippen LogP contribution is -2.35. The average molecular weight is 385 g/mol. The third kappa shape index (κ3) is 3.16. The molecule has 1 aromatic carbocycles. The molecule has 3 fully saturated rings. The molecule has 2 heterocycles. The Morgan fingerprint density at radius 1 is 1.04 bits per heavy atom. The highest BCUT2D eigenvalue weighted by Crippen LogP contribution is 2.43. The number of rotatable bonds is 3. The van der Waals surface area contributed by atoms with Crippen LogP contribution in [0.4, 0.5) is 17.1 Å². The molecular formula is C21H27N3O4. The highest BCUT2D eigenvalue weighted by atomic mass is 16.6. The lowest BCUT2D eigenvalue weighted by atomic mass is 9.76. The topological polar surface area (TPSA) is 83.8 Å². The molecule has 4 unspecified atom stereocenters. The second kappa shape index (κ2) is 7.18. The van der Waals surface area contributed by atoms with E-state index in [2.05, 4.69) is 13.8 Å². The van der Waals surface area contributed by atoms with E-state index in [0.29, 0.717) is 23.2 Å². The molecule has 1 saturated carbocycles. The zero-order valence-corrected chi connectivity index (χ0v) is 16.5. The molecule has 1 aromatic rings. The molecule has 1 aliphatic carbocycles. The van der Waals surface area contributed by atoms with E-state index >= 15 is 0 Å². The number of carbonyl (C=O) groups is 2. The fourth-order valence-corrected chi connectivity index (χ4v) is 5.12. The maximum absolute atomic E-state index is 12.9. The average Bonchev–Trinajstić information content (AvgIpc) is 2.91. The summed E-state index contributed by atoms with van der Waals surface area (Å²) in [6.45, 7) is 5.82. The third-order valence-electron chi connectivity index (χ3n) is 6.60. The normalized spacial score (nSPS) is 30.5. The van der Waals surface area contributed by atoms with Gasteiger partial charge in [0.1, 0.15) is 5.69 Å². The highest BCUT2D eigenvalue weighted by molar-refractivity contribution is 6.22. The number of anilines is 2. The Hall–Kier alpha value is -2.44. The van der Waals surface area contributed by atoms with Crippen LogP contribution < -0.4 is 9.80 Å². The molecule has 4 rings (SSSR count). The van der Waals surface area contributed by atoms with Crippen molar-refractivity contribution in [2.75, 3.05) is 22.9 Å². The number of imide groups is 1. The smallest absolute Gasteiger partial charge is 0.294 e. The first-order chi connectivity index (χ1) is 13.4. The van der Waals surface area contributed by atoms with E-state index in [9.17, 15) is 19.7 Å². The van der Waals surface area contributed by atoms with E-state index in [1.165, 1.54) is 11.0 Å². The van der Waals surface area contributed by atoms with Crippen LogP contribution in [0.15, 0.2) is 18.2 Å². The number of benzene rings is 1. The van der Waals surface area contributed by atoms with E-state index < -0.39 is 4.92 Å². The van der Waals surface area contributed by atoms with Crippen LogP contribution in [-0.2, 0) is 9.59 Å². The summed E-state index contributed by atoms with van der Waals surface area (Å²) in [7, 11) is 0. The molecule has 28 heavy (non-hydrogen) atoms. The summed E-state index contributed by atoms with van der Waals surface area (Å²) in [5.74, 6) is -0.0373. The van der Waals surface area contributed by atoms with Gasteiger partial charge in [-0.2, -0.15) is 0 Å². The van der Waals surface area contributed by atoms with Crippen LogP contribution in [0.1, 0.15) is 46.0 Å². The Bertz CT molecular complexity index is 824. The Morgan fingerprint density at radius 3 is 2.50 bits per heavy atom. The first-order valence-electron chi connectivity index (χ1n) is 10.3. The molecule has 0 N–H and O–H groups in total. The van der Waals surface area contributed by atoms with E-state index in [1.807, 2.05) is 4.90 Å². The van der Waals surface area contributed by atoms with Crippen LogP contribution in [0.3, 0.4) is 0 Å². The Labute approximate surface area is 164 Å². The zero-order valence-electron chi connectivity index (χ0n) is 16.5. The minimum Gasteiger partial charge on any atom is -0.366 e. The van der Waals surface area contributed by atoms with Crippen molar-refractivity contribution in [2.45, 2.75) is 46.0 Å². The van der Waals surface area contributed by atoms with Gasteiger partial charge >= 0.3 is 0 Å². The molecular weight excluding hydrogens is 358 g/mol. The van der Waals surface area contributed by atoms with Crippen LogP contribution in [-0.4, -0.2) is 29.8 Å². The SMILES string of the molecule is CC1CCC2C(=O)N(c3ccc(N4CCCC(C)C4)c([N+](=O)[O-])c3)C(=O)C2C1. The molecule has 4 atom stereocenters. The summed E-state index contributed by atoms with van der Waals surface area (Å²) >= 11 is 0. The summed E-state index contributed by atoms with van der Waals surface area (Å²) in [6.07, 6.45) is 4.52. The number of carbonyl (C=O) groups excluding carboxylic acids is 2. The largest absolute Gasteiger partial charge is 0.366 e. The van der Waals surface area contributed by atoms with Gasteiger partial charge in [0.2, 0.25) is 11.8 Å². The number of nitro groups is 1. The number of nitrogens with zero attached hydrogens (tertiary/aromatic N) is 3. The van der Waals surface area contributed by atoms with Crippen molar-refractivity contribution in [3.8, 4) is 0 Å². The minimum absolute atomic E-state index is 0.0320. The van der Waals surface area contributed by atoms with Crippen LogP contribution in [0.5, 0.6) is 0 Å². The molecule has 2 saturated heterocycles. The third-order valence-corrected chi connectivity index (χ3v) is 6.60. The molecule has 0 radical (unpaired) electrons. The number of amides is 2. The zero-order chi connectivity index (χ0) is 20.0. The van der Waals surface area contributed by atoms with Gasteiger partial charge in [0.25, 0.3) is 5.69 Å². The molecule has 150 valence electrons. The van der Waals surface area contributed by atoms with Gasteiger partial charge < -0.3 is 4.90 Å². The number of fused-ring (bicyclic) bond motifs is 1.